The molecule has 2 aromatic rings. The number of anilines is 1. The Hall–Kier alpha value is -2.87. The molecule has 2 N–H and O–H groups in total. The Kier molecular flexibility index (Phi) is 4.73. The third-order valence-corrected chi connectivity index (χ3v) is 8.24. The maximum atomic E-state index is 13.1. The Balaban J connectivity index is 1.77. The van der Waals surface area contributed by atoms with Gasteiger partial charge < -0.3 is 5.73 Å². The van der Waals surface area contributed by atoms with E-state index in [0.29, 0.717) is 35.4 Å². The Morgan fingerprint density at radius 2 is 1.93 bits per heavy atom. The molecular weight excluding hydrogens is 412 g/mol. The summed E-state index contributed by atoms with van der Waals surface area (Å²) in [4.78, 5) is 16.2. The van der Waals surface area contributed by atoms with Gasteiger partial charge in [-0.1, -0.05) is 0 Å². The van der Waals surface area contributed by atoms with Crippen molar-refractivity contribution in [2.75, 3.05) is 4.90 Å². The number of carbonyl (C=O) groups excluding carboxylic acids is 1. The Morgan fingerprint density at radius 3 is 2.67 bits per heavy atom. The summed E-state index contributed by atoms with van der Waals surface area (Å²) in [6.45, 7) is 0. The quantitative estimate of drug-likeness (QED) is 0.731. The molecule has 0 radical (unpaired) electrons. The second-order valence-electron chi connectivity index (χ2n) is 7.88. The Bertz CT molecular complexity index is 1190. The molecule has 1 aliphatic heterocycles. The van der Waals surface area contributed by atoms with Gasteiger partial charge in [-0.15, -0.1) is 11.3 Å². The minimum Gasteiger partial charge on any atom is -0.384 e. The number of carbonyl (C=O) groups is 1. The number of hydrogen-bond acceptors (Lipinski definition) is 7. The molecule has 2 aliphatic carbocycles. The first-order chi connectivity index (χ1) is 14.7. The maximum absolute atomic E-state index is 13.1. The van der Waals surface area contributed by atoms with E-state index in [1.807, 2.05) is 21.7 Å². The predicted octanol–water partition coefficient (Wildman–Crippen LogP) is 4.86. The zero-order chi connectivity index (χ0) is 20.8. The highest BCUT2D eigenvalue weighted by Gasteiger charge is 2.42. The zero-order valence-corrected chi connectivity index (χ0v) is 18.0. The lowest BCUT2D eigenvalue weighted by Crippen LogP contribution is -2.38. The van der Waals surface area contributed by atoms with Gasteiger partial charge in [-0.3, -0.25) is 9.69 Å². The molecule has 0 spiro atoms. The molecule has 1 unspecified atom stereocenters. The van der Waals surface area contributed by atoms with Crippen LogP contribution in [0.1, 0.15) is 59.6 Å². The van der Waals surface area contributed by atoms with Crippen LogP contribution >= 0.6 is 22.7 Å². The smallest absolute Gasteiger partial charge is 0.161 e. The van der Waals surface area contributed by atoms with Crippen LogP contribution in [0, 0.1) is 22.7 Å². The van der Waals surface area contributed by atoms with Gasteiger partial charge in [-0.2, -0.15) is 21.9 Å². The summed E-state index contributed by atoms with van der Waals surface area (Å²) in [7, 11) is 0. The van der Waals surface area contributed by atoms with E-state index in [9.17, 15) is 15.3 Å². The highest BCUT2D eigenvalue weighted by atomic mass is 32.1. The lowest BCUT2D eigenvalue weighted by molar-refractivity contribution is -0.116. The summed E-state index contributed by atoms with van der Waals surface area (Å²) in [6.07, 6.45) is 6.04. The first-order valence-corrected chi connectivity index (χ1v) is 11.9. The molecule has 0 fully saturated rings. The van der Waals surface area contributed by atoms with E-state index in [0.717, 1.165) is 53.9 Å². The molecule has 2 aromatic heterocycles. The molecule has 3 heterocycles. The number of nitrogens with two attached hydrogens (primary N) is 1. The van der Waals surface area contributed by atoms with Crippen LogP contribution in [0.5, 0.6) is 0 Å². The number of thiophene rings is 2. The van der Waals surface area contributed by atoms with Gasteiger partial charge in [-0.25, -0.2) is 0 Å². The third-order valence-electron chi connectivity index (χ3n) is 6.26. The highest BCUT2D eigenvalue weighted by Crippen LogP contribution is 2.50. The van der Waals surface area contributed by atoms with E-state index >= 15 is 0 Å². The second kappa shape index (κ2) is 7.43. The molecule has 7 heteroatoms. The van der Waals surface area contributed by atoms with Crippen molar-refractivity contribution in [1.29, 1.82) is 10.5 Å². The average Bonchev–Trinajstić information content (AvgIpc) is 3.40. The number of fused-ring (bicyclic) bond motifs is 1. The van der Waals surface area contributed by atoms with E-state index in [-0.39, 0.29) is 5.78 Å². The lowest BCUT2D eigenvalue weighted by atomic mass is 9.76. The Labute approximate surface area is 183 Å². The van der Waals surface area contributed by atoms with Gasteiger partial charge in [0.2, 0.25) is 0 Å². The molecule has 0 aromatic carbocycles. The molecule has 0 saturated heterocycles. The van der Waals surface area contributed by atoms with Gasteiger partial charge in [0.05, 0.1) is 23.1 Å². The summed E-state index contributed by atoms with van der Waals surface area (Å²) in [5.74, 6) is 0.0233. The van der Waals surface area contributed by atoms with E-state index in [2.05, 4.69) is 12.1 Å². The predicted molar refractivity (Wildman–Crippen MR) is 118 cm³/mol. The minimum atomic E-state index is -0.416. The van der Waals surface area contributed by atoms with Crippen molar-refractivity contribution in [3.63, 3.8) is 0 Å². The van der Waals surface area contributed by atoms with Crippen molar-refractivity contribution in [2.45, 2.75) is 50.9 Å². The van der Waals surface area contributed by atoms with Crippen LogP contribution in [0.3, 0.4) is 0 Å². The van der Waals surface area contributed by atoms with Crippen LogP contribution in [-0.4, -0.2) is 5.78 Å². The van der Waals surface area contributed by atoms with Gasteiger partial charge in [-0.05, 0) is 66.5 Å². The maximum Gasteiger partial charge on any atom is 0.161 e. The van der Waals surface area contributed by atoms with E-state index in [1.54, 1.807) is 22.7 Å². The van der Waals surface area contributed by atoms with Crippen LogP contribution in [0.15, 0.2) is 39.5 Å². The van der Waals surface area contributed by atoms with Crippen LogP contribution in [-0.2, 0) is 17.6 Å². The number of hydrogen-bond donors (Lipinski definition) is 1. The van der Waals surface area contributed by atoms with Gasteiger partial charge >= 0.3 is 0 Å². The molecule has 5 rings (SSSR count). The summed E-state index contributed by atoms with van der Waals surface area (Å²) in [5, 5.41) is 24.8. The summed E-state index contributed by atoms with van der Waals surface area (Å²) >= 11 is 3.15. The molecule has 1 atom stereocenters. The van der Waals surface area contributed by atoms with Crippen molar-refractivity contribution in [2.24, 2.45) is 5.73 Å². The summed E-state index contributed by atoms with van der Waals surface area (Å²) in [5.41, 5.74) is 11.3. The molecule has 0 amide bonds. The number of Topliss-reactive ketones (excluding diaryl/α,β-unsaturated/α-hetero) is 1. The average molecular weight is 433 g/mol. The number of rotatable bonds is 2. The first-order valence-electron chi connectivity index (χ1n) is 10.2. The fourth-order valence-corrected chi connectivity index (χ4v) is 6.98. The SMILES string of the molecule is N#CC1=C(N)N(c2sc3c(c2C#N)CCCC3)C2=C(C(=O)CCC2)C1c1ccsc1. The van der Waals surface area contributed by atoms with Gasteiger partial charge in [0.1, 0.15) is 16.9 Å². The molecular formula is C23H20N4OS2. The van der Waals surface area contributed by atoms with Crippen molar-refractivity contribution in [1.82, 2.24) is 0 Å². The van der Waals surface area contributed by atoms with Gasteiger partial charge in [0.15, 0.2) is 5.78 Å². The molecule has 0 bridgehead atoms. The van der Waals surface area contributed by atoms with Crippen molar-refractivity contribution >= 4 is 33.5 Å². The lowest BCUT2D eigenvalue weighted by Gasteiger charge is -2.38. The number of nitrogens with zero attached hydrogens (tertiary/aromatic N) is 3. The van der Waals surface area contributed by atoms with Gasteiger partial charge in [0.25, 0.3) is 0 Å². The van der Waals surface area contributed by atoms with Crippen molar-refractivity contribution in [3.05, 3.63) is 61.1 Å². The second-order valence-corrected chi connectivity index (χ2v) is 9.74. The van der Waals surface area contributed by atoms with Crippen molar-refractivity contribution in [3.8, 4) is 12.1 Å². The van der Waals surface area contributed by atoms with Crippen LogP contribution in [0.2, 0.25) is 0 Å². The fraction of sp³-hybridized carbons (Fsp3) is 0.348. The van der Waals surface area contributed by atoms with E-state index in [4.69, 9.17) is 5.73 Å². The fourth-order valence-electron chi connectivity index (χ4n) is 4.92. The number of allylic oxidation sites excluding steroid dienone is 3. The van der Waals surface area contributed by atoms with Crippen LogP contribution in [0.25, 0.3) is 0 Å². The van der Waals surface area contributed by atoms with Crippen LogP contribution < -0.4 is 10.6 Å². The third kappa shape index (κ3) is 2.74. The minimum absolute atomic E-state index is 0.0810. The molecule has 150 valence electrons. The molecule has 5 nitrogen and oxygen atoms in total. The molecule has 0 saturated carbocycles. The molecule has 3 aliphatic rings. The standard InChI is InChI=1S/C23H20N4OS2/c24-10-15-14-4-1-2-7-19(14)30-23(15)27-17-5-3-6-18(28)21(17)20(13-8-9-29-12-13)16(11-25)22(27)26/h8-9,12,20H,1-7,26H2. The van der Waals surface area contributed by atoms with Crippen molar-refractivity contribution < 1.29 is 4.79 Å². The van der Waals surface area contributed by atoms with E-state index in [1.165, 1.54) is 4.88 Å². The van der Waals surface area contributed by atoms with Crippen LogP contribution in [0.4, 0.5) is 5.00 Å². The van der Waals surface area contributed by atoms with Gasteiger partial charge in [0, 0.05) is 22.6 Å². The zero-order valence-electron chi connectivity index (χ0n) is 16.4. The number of ketones is 1. The van der Waals surface area contributed by atoms with E-state index < -0.39 is 5.92 Å². The highest BCUT2D eigenvalue weighted by molar-refractivity contribution is 7.16. The topological polar surface area (TPSA) is 93.9 Å². The normalized spacial score (nSPS) is 21.2. The monoisotopic (exact) mass is 432 g/mol. The summed E-state index contributed by atoms with van der Waals surface area (Å²) in [6, 6.07) is 6.66. The number of aryl methyl sites for hydroxylation is 1. The largest absolute Gasteiger partial charge is 0.384 e. The Morgan fingerprint density at radius 1 is 1.10 bits per heavy atom. The molecule has 30 heavy (non-hydrogen) atoms. The number of nitriles is 2. The summed E-state index contributed by atoms with van der Waals surface area (Å²) < 4.78 is 0. The first kappa shape index (κ1) is 19.1.